The van der Waals surface area contributed by atoms with Gasteiger partial charge in [0.2, 0.25) is 0 Å². The van der Waals surface area contributed by atoms with E-state index >= 15 is 0 Å². The van der Waals surface area contributed by atoms with Gasteiger partial charge in [-0.15, -0.1) is 0 Å². The molecule has 2 aromatic rings. The lowest BCUT2D eigenvalue weighted by Crippen LogP contribution is -2.50. The summed E-state index contributed by atoms with van der Waals surface area (Å²) >= 11 is 5.90. The number of alkyl halides is 1. The van der Waals surface area contributed by atoms with E-state index in [-0.39, 0.29) is 6.67 Å². The summed E-state index contributed by atoms with van der Waals surface area (Å²) in [5, 5.41) is 27.3. The van der Waals surface area contributed by atoms with Gasteiger partial charge in [-0.2, -0.15) is 0 Å². The van der Waals surface area contributed by atoms with E-state index in [1.807, 2.05) is 17.0 Å². The van der Waals surface area contributed by atoms with Gasteiger partial charge in [0.15, 0.2) is 0 Å². The number of unbranched alkanes of at least 4 members (excludes halogenated alkanes) is 1. The van der Waals surface area contributed by atoms with Crippen LogP contribution in [0.4, 0.5) is 9.18 Å². The van der Waals surface area contributed by atoms with Gasteiger partial charge in [-0.1, -0.05) is 35.9 Å². The van der Waals surface area contributed by atoms with Crippen molar-refractivity contribution in [3.8, 4) is 5.75 Å². The number of β-amino-alcohol motifs (C(OH)–C–C–N with tert-alkyl or cyclic N) is 1. The number of hydrogen-bond acceptors (Lipinski definition) is 5. The van der Waals surface area contributed by atoms with Crippen molar-refractivity contribution in [2.75, 3.05) is 32.9 Å². The first-order valence-corrected chi connectivity index (χ1v) is 12.0. The molecule has 34 heavy (non-hydrogen) atoms. The fourth-order valence-corrected chi connectivity index (χ4v) is 3.99. The Balaban J connectivity index is 1.60. The predicted molar refractivity (Wildman–Crippen MR) is 130 cm³/mol. The standard InChI is InChI=1S/C25H33ClFN3O4/c26-20-7-3-18(4-8-20)15-28-25(33)29-23(17-30-13-11-21(31)16-30)24(32)19-5-9-22(10-6-19)34-14-2-1-12-27/h3-10,21,23-24,31-32H,1-2,11-17H2,(H2,28,29,33)/t21-,23+,24+/m0/s1. The topological polar surface area (TPSA) is 94.1 Å². The van der Waals surface area contributed by atoms with Crippen LogP contribution in [0.1, 0.15) is 36.5 Å². The molecular weight excluding hydrogens is 461 g/mol. The highest BCUT2D eigenvalue weighted by molar-refractivity contribution is 6.30. The smallest absolute Gasteiger partial charge is 0.315 e. The number of amides is 2. The fourth-order valence-electron chi connectivity index (χ4n) is 3.86. The zero-order valence-corrected chi connectivity index (χ0v) is 19.9. The van der Waals surface area contributed by atoms with Crippen LogP contribution in [0.5, 0.6) is 5.75 Å². The van der Waals surface area contributed by atoms with Crippen LogP contribution in [-0.4, -0.2) is 66.2 Å². The Morgan fingerprint density at radius 2 is 1.91 bits per heavy atom. The molecule has 7 nitrogen and oxygen atoms in total. The molecule has 1 heterocycles. The number of nitrogens with zero attached hydrogens (tertiary/aromatic N) is 1. The van der Waals surface area contributed by atoms with Gasteiger partial charge in [-0.05, 0) is 54.7 Å². The molecule has 0 spiro atoms. The molecule has 0 saturated carbocycles. The minimum Gasteiger partial charge on any atom is -0.494 e. The van der Waals surface area contributed by atoms with Crippen molar-refractivity contribution >= 4 is 17.6 Å². The van der Waals surface area contributed by atoms with Crippen LogP contribution in [0, 0.1) is 0 Å². The second-order valence-electron chi connectivity index (χ2n) is 8.52. The van der Waals surface area contributed by atoms with Crippen LogP contribution in [0.3, 0.4) is 0 Å². The van der Waals surface area contributed by atoms with E-state index in [2.05, 4.69) is 10.6 Å². The molecule has 9 heteroatoms. The number of aliphatic hydroxyl groups is 2. The molecule has 0 aliphatic carbocycles. The highest BCUT2D eigenvalue weighted by atomic mass is 35.5. The molecule has 1 saturated heterocycles. The van der Waals surface area contributed by atoms with E-state index in [1.54, 1.807) is 36.4 Å². The molecule has 2 aromatic carbocycles. The van der Waals surface area contributed by atoms with Crippen molar-refractivity contribution in [1.29, 1.82) is 0 Å². The Hall–Kier alpha value is -2.39. The maximum atomic E-state index is 12.6. The summed E-state index contributed by atoms with van der Waals surface area (Å²) in [7, 11) is 0. The normalized spacial score (nSPS) is 17.8. The number of ether oxygens (including phenoxy) is 1. The van der Waals surface area contributed by atoms with Crippen molar-refractivity contribution in [1.82, 2.24) is 15.5 Å². The number of urea groups is 1. The maximum Gasteiger partial charge on any atom is 0.315 e. The highest BCUT2D eigenvalue weighted by Gasteiger charge is 2.29. The highest BCUT2D eigenvalue weighted by Crippen LogP contribution is 2.22. The quantitative estimate of drug-likeness (QED) is 0.340. The Kier molecular flexibility index (Phi) is 10.4. The Bertz CT molecular complexity index is 885. The summed E-state index contributed by atoms with van der Waals surface area (Å²) in [5.41, 5.74) is 1.54. The van der Waals surface area contributed by atoms with Gasteiger partial charge < -0.3 is 25.6 Å². The van der Waals surface area contributed by atoms with E-state index in [4.69, 9.17) is 16.3 Å². The number of nitrogens with one attached hydrogen (secondary N) is 2. The van der Waals surface area contributed by atoms with Crippen molar-refractivity contribution < 1.29 is 24.1 Å². The largest absolute Gasteiger partial charge is 0.494 e. The van der Waals surface area contributed by atoms with Crippen LogP contribution in [0.15, 0.2) is 48.5 Å². The summed E-state index contributed by atoms with van der Waals surface area (Å²) in [5.74, 6) is 0.641. The molecule has 0 unspecified atom stereocenters. The molecule has 1 fully saturated rings. The van der Waals surface area contributed by atoms with E-state index in [0.29, 0.717) is 68.4 Å². The number of carbonyl (C=O) groups excluding carboxylic acids is 1. The second-order valence-corrected chi connectivity index (χ2v) is 8.96. The van der Waals surface area contributed by atoms with E-state index < -0.39 is 24.3 Å². The molecule has 1 aliphatic rings. The zero-order chi connectivity index (χ0) is 24.3. The van der Waals surface area contributed by atoms with Gasteiger partial charge in [-0.25, -0.2) is 4.79 Å². The van der Waals surface area contributed by atoms with Crippen LogP contribution in [0.25, 0.3) is 0 Å². The molecule has 3 atom stereocenters. The van der Waals surface area contributed by atoms with Gasteiger partial charge in [0.1, 0.15) is 11.9 Å². The number of aliphatic hydroxyl groups excluding tert-OH is 2. The lowest BCUT2D eigenvalue weighted by Gasteiger charge is -2.29. The molecule has 0 aromatic heterocycles. The lowest BCUT2D eigenvalue weighted by atomic mass is 10.0. The predicted octanol–water partition coefficient (Wildman–Crippen LogP) is 3.44. The number of halogens is 2. The lowest BCUT2D eigenvalue weighted by molar-refractivity contribution is 0.104. The Labute approximate surface area is 204 Å². The summed E-state index contributed by atoms with van der Waals surface area (Å²) in [6, 6.07) is 13.2. The van der Waals surface area contributed by atoms with Crippen LogP contribution >= 0.6 is 11.6 Å². The van der Waals surface area contributed by atoms with E-state index in [0.717, 1.165) is 5.56 Å². The average molecular weight is 494 g/mol. The van der Waals surface area contributed by atoms with E-state index in [9.17, 15) is 19.4 Å². The average Bonchev–Trinajstić information content (AvgIpc) is 3.25. The minimum atomic E-state index is -0.959. The molecule has 2 amide bonds. The SMILES string of the molecule is O=C(NCc1ccc(Cl)cc1)N[C@H](CN1CC[C@H](O)C1)[C@H](O)c1ccc(OCCCCF)cc1. The molecule has 186 valence electrons. The number of hydrogen-bond donors (Lipinski definition) is 4. The van der Waals surface area contributed by atoms with Crippen molar-refractivity contribution in [3.63, 3.8) is 0 Å². The zero-order valence-electron chi connectivity index (χ0n) is 19.1. The summed E-state index contributed by atoms with van der Waals surface area (Å²) < 4.78 is 17.8. The molecular formula is C25H33ClFN3O4. The molecule has 0 bridgehead atoms. The summed E-state index contributed by atoms with van der Waals surface area (Å²) in [4.78, 5) is 14.6. The van der Waals surface area contributed by atoms with Crippen LogP contribution < -0.4 is 15.4 Å². The van der Waals surface area contributed by atoms with E-state index in [1.165, 1.54) is 0 Å². The fraction of sp³-hybridized carbons (Fsp3) is 0.480. The third-order valence-electron chi connectivity index (χ3n) is 5.78. The number of carbonyl (C=O) groups is 1. The van der Waals surface area contributed by atoms with Crippen molar-refractivity contribution in [2.45, 2.75) is 44.1 Å². The van der Waals surface area contributed by atoms with Gasteiger partial charge in [0.05, 0.1) is 25.4 Å². The summed E-state index contributed by atoms with van der Waals surface area (Å²) in [6.45, 7) is 2.00. The van der Waals surface area contributed by atoms with Gasteiger partial charge in [0, 0.05) is 31.2 Å². The first-order valence-electron chi connectivity index (χ1n) is 11.6. The first kappa shape index (κ1) is 26.2. The Morgan fingerprint density at radius 3 is 2.56 bits per heavy atom. The minimum absolute atomic E-state index is 0.322. The van der Waals surface area contributed by atoms with Crippen LogP contribution in [0.2, 0.25) is 5.02 Å². The van der Waals surface area contributed by atoms with Gasteiger partial charge in [0.25, 0.3) is 0 Å². The monoisotopic (exact) mass is 493 g/mol. The molecule has 1 aliphatic heterocycles. The summed E-state index contributed by atoms with van der Waals surface area (Å²) in [6.07, 6.45) is 0.416. The molecule has 0 radical (unpaired) electrons. The van der Waals surface area contributed by atoms with Crippen LogP contribution in [-0.2, 0) is 6.54 Å². The second kappa shape index (κ2) is 13.5. The van der Waals surface area contributed by atoms with Gasteiger partial charge >= 0.3 is 6.03 Å². The first-order chi connectivity index (χ1) is 16.4. The van der Waals surface area contributed by atoms with Crippen molar-refractivity contribution in [2.24, 2.45) is 0 Å². The number of rotatable bonds is 12. The van der Waals surface area contributed by atoms with Crippen molar-refractivity contribution in [3.05, 3.63) is 64.7 Å². The molecule has 4 N–H and O–H groups in total. The third-order valence-corrected chi connectivity index (χ3v) is 6.04. The third kappa shape index (κ3) is 8.43. The van der Waals surface area contributed by atoms with Gasteiger partial charge in [-0.3, -0.25) is 9.29 Å². The number of likely N-dealkylation sites (tertiary alicyclic amines) is 1. The number of benzene rings is 2. The maximum absolute atomic E-state index is 12.6. The molecule has 3 rings (SSSR count). The Morgan fingerprint density at radius 1 is 1.18 bits per heavy atom.